The number of nitriles is 1. The monoisotopic (exact) mass is 691 g/mol. The minimum Gasteiger partial charge on any atom is -0.487 e. The molecule has 0 atom stereocenters. The highest BCUT2D eigenvalue weighted by molar-refractivity contribution is 14.1. The Bertz CT molecular complexity index is 1430. The summed E-state index contributed by atoms with van der Waals surface area (Å²) in [6.45, 7) is 0.656. The van der Waals surface area contributed by atoms with Crippen molar-refractivity contribution >= 4 is 68.1 Å². The van der Waals surface area contributed by atoms with Crippen molar-refractivity contribution < 1.29 is 13.9 Å². The number of nitrogens with one attached hydrogen (secondary N) is 2. The number of hydrogen-bond donors (Lipinski definition) is 2. The smallest absolute Gasteiger partial charge is 0.261 e. The summed E-state index contributed by atoms with van der Waals surface area (Å²) in [5.41, 5.74) is 3.65. The van der Waals surface area contributed by atoms with E-state index in [0.717, 1.165) is 34.7 Å². The topological polar surface area (TPSA) is 77.9 Å². The Balaban J connectivity index is 1.41. The molecule has 4 aromatic rings. The highest BCUT2D eigenvalue weighted by Gasteiger charge is 2.13. The van der Waals surface area contributed by atoms with Gasteiger partial charge in [0.2, 0.25) is 0 Å². The summed E-state index contributed by atoms with van der Waals surface area (Å²) in [6.07, 6.45) is 4.17. The minimum absolute atomic E-state index is 0.0314. The molecule has 1 amide bonds. The zero-order valence-electron chi connectivity index (χ0n) is 18.4. The van der Waals surface area contributed by atoms with Gasteiger partial charge in [0, 0.05) is 23.6 Å². The highest BCUT2D eigenvalue weighted by atomic mass is 127. The van der Waals surface area contributed by atoms with Gasteiger partial charge in [0.15, 0.2) is 0 Å². The molecule has 5 nitrogen and oxygen atoms in total. The van der Waals surface area contributed by atoms with E-state index in [1.807, 2.05) is 48.7 Å². The van der Waals surface area contributed by atoms with E-state index in [4.69, 9.17) is 4.74 Å². The number of fused-ring (bicyclic) bond motifs is 1. The zero-order valence-corrected chi connectivity index (χ0v) is 22.8. The highest BCUT2D eigenvalue weighted by Crippen LogP contribution is 2.30. The largest absolute Gasteiger partial charge is 0.487 e. The standard InChI is InChI=1S/C27H20FI2N3O2/c28-21-5-3-4-17(11-21)16-35-26-23(29)12-18(13-24(26)30)10-20(14-31)27(34)32-9-8-19-15-33-25-7-2-1-6-22(19)25/h1-7,10-13,15,33H,8-9,16H2,(H,32,34)/b20-10-. The second-order valence-corrected chi connectivity index (χ2v) is 10.1. The van der Waals surface area contributed by atoms with Gasteiger partial charge >= 0.3 is 0 Å². The molecule has 0 saturated heterocycles. The summed E-state index contributed by atoms with van der Waals surface area (Å²) in [4.78, 5) is 15.8. The fourth-order valence-electron chi connectivity index (χ4n) is 3.64. The number of H-pyrrole nitrogens is 1. The van der Waals surface area contributed by atoms with Crippen molar-refractivity contribution in [2.24, 2.45) is 0 Å². The molecule has 0 aliphatic rings. The third-order valence-electron chi connectivity index (χ3n) is 5.32. The van der Waals surface area contributed by atoms with Crippen LogP contribution in [0.15, 0.2) is 72.4 Å². The molecule has 0 saturated carbocycles. The van der Waals surface area contributed by atoms with Crippen LogP contribution >= 0.6 is 45.2 Å². The van der Waals surface area contributed by atoms with Gasteiger partial charge in [-0.25, -0.2) is 4.39 Å². The molecule has 0 unspecified atom stereocenters. The molecule has 2 N–H and O–H groups in total. The number of para-hydroxylation sites is 1. The molecule has 3 aromatic carbocycles. The average molecular weight is 691 g/mol. The molecule has 1 aromatic heterocycles. The fourth-order valence-corrected chi connectivity index (χ4v) is 5.77. The minimum atomic E-state index is -0.413. The zero-order chi connectivity index (χ0) is 24.8. The first-order valence-corrected chi connectivity index (χ1v) is 12.9. The quantitative estimate of drug-likeness (QED) is 0.128. The van der Waals surface area contributed by atoms with Crippen LogP contribution in [0.2, 0.25) is 0 Å². The number of halogens is 3. The van der Waals surface area contributed by atoms with E-state index in [-0.39, 0.29) is 18.0 Å². The van der Waals surface area contributed by atoms with Crippen molar-refractivity contribution in [1.29, 1.82) is 5.26 Å². The van der Waals surface area contributed by atoms with Crippen LogP contribution in [0.4, 0.5) is 4.39 Å². The van der Waals surface area contributed by atoms with Crippen molar-refractivity contribution in [2.45, 2.75) is 13.0 Å². The second kappa shape index (κ2) is 11.7. The Labute approximate surface area is 229 Å². The normalized spacial score (nSPS) is 11.3. The van der Waals surface area contributed by atoms with E-state index >= 15 is 0 Å². The lowest BCUT2D eigenvalue weighted by atomic mass is 10.1. The van der Waals surface area contributed by atoms with Crippen molar-refractivity contribution in [1.82, 2.24) is 10.3 Å². The molecule has 0 aliphatic heterocycles. The molecule has 0 radical (unpaired) electrons. The Hall–Kier alpha value is -2.91. The van der Waals surface area contributed by atoms with Gasteiger partial charge in [-0.15, -0.1) is 0 Å². The number of carbonyl (C=O) groups excluding carboxylic acids is 1. The molecule has 0 aliphatic carbocycles. The van der Waals surface area contributed by atoms with Gasteiger partial charge in [-0.1, -0.05) is 30.3 Å². The lowest BCUT2D eigenvalue weighted by molar-refractivity contribution is -0.117. The van der Waals surface area contributed by atoms with E-state index in [1.165, 1.54) is 12.1 Å². The molecule has 176 valence electrons. The molecule has 35 heavy (non-hydrogen) atoms. The van der Waals surface area contributed by atoms with E-state index in [1.54, 1.807) is 18.2 Å². The number of benzene rings is 3. The molecular weight excluding hydrogens is 671 g/mol. The van der Waals surface area contributed by atoms with Crippen LogP contribution in [0.5, 0.6) is 5.75 Å². The van der Waals surface area contributed by atoms with Crippen LogP contribution in [-0.2, 0) is 17.8 Å². The van der Waals surface area contributed by atoms with E-state index in [0.29, 0.717) is 18.7 Å². The van der Waals surface area contributed by atoms with Crippen LogP contribution in [-0.4, -0.2) is 17.4 Å². The van der Waals surface area contributed by atoms with E-state index in [9.17, 15) is 14.4 Å². The summed E-state index contributed by atoms with van der Waals surface area (Å²) in [7, 11) is 0. The van der Waals surface area contributed by atoms with Crippen LogP contribution in [0, 0.1) is 24.3 Å². The molecule has 4 rings (SSSR count). The lowest BCUT2D eigenvalue weighted by Gasteiger charge is -2.12. The van der Waals surface area contributed by atoms with Crippen molar-refractivity contribution in [2.75, 3.05) is 6.54 Å². The summed E-state index contributed by atoms with van der Waals surface area (Å²) >= 11 is 4.31. The van der Waals surface area contributed by atoms with Gasteiger partial charge < -0.3 is 15.0 Å². The average Bonchev–Trinajstić information content (AvgIpc) is 3.25. The van der Waals surface area contributed by atoms with Gasteiger partial charge in [0.25, 0.3) is 5.91 Å². The second-order valence-electron chi connectivity index (χ2n) is 7.77. The third-order valence-corrected chi connectivity index (χ3v) is 6.93. The Morgan fingerprint density at radius 2 is 1.89 bits per heavy atom. The first-order chi connectivity index (χ1) is 16.9. The van der Waals surface area contributed by atoms with Gasteiger partial charge in [-0.2, -0.15) is 5.26 Å². The Morgan fingerprint density at radius 1 is 1.11 bits per heavy atom. The molecule has 1 heterocycles. The summed E-state index contributed by atoms with van der Waals surface area (Å²) in [5.74, 6) is -0.0437. The van der Waals surface area contributed by atoms with E-state index in [2.05, 4.69) is 55.5 Å². The van der Waals surface area contributed by atoms with Crippen LogP contribution < -0.4 is 10.1 Å². The van der Waals surface area contributed by atoms with Crippen molar-refractivity contribution in [3.8, 4) is 11.8 Å². The first-order valence-electron chi connectivity index (χ1n) is 10.8. The van der Waals surface area contributed by atoms with Crippen molar-refractivity contribution in [3.63, 3.8) is 0 Å². The number of carbonyl (C=O) groups is 1. The van der Waals surface area contributed by atoms with Crippen LogP contribution in [0.1, 0.15) is 16.7 Å². The van der Waals surface area contributed by atoms with E-state index < -0.39 is 5.91 Å². The number of amides is 1. The maximum atomic E-state index is 13.4. The predicted molar refractivity (Wildman–Crippen MR) is 151 cm³/mol. The van der Waals surface area contributed by atoms with Crippen LogP contribution in [0.3, 0.4) is 0 Å². The predicted octanol–water partition coefficient (Wildman–Crippen LogP) is 6.36. The SMILES string of the molecule is N#C/C(=C/c1cc(I)c(OCc2cccc(F)c2)c(I)c1)C(=O)NCCc1c[nH]c2ccccc12. The van der Waals surface area contributed by atoms with Gasteiger partial charge in [0.05, 0.1) is 7.14 Å². The maximum absolute atomic E-state index is 13.4. The Kier molecular flexibility index (Phi) is 8.41. The van der Waals surface area contributed by atoms with Crippen molar-refractivity contribution in [3.05, 3.63) is 102 Å². The number of ether oxygens (including phenoxy) is 1. The first kappa shape index (κ1) is 25.2. The number of aromatic nitrogens is 1. The Morgan fingerprint density at radius 3 is 2.63 bits per heavy atom. The summed E-state index contributed by atoms with van der Waals surface area (Å²) < 4.78 is 21.0. The molecule has 0 fully saturated rings. The molecule has 8 heteroatoms. The maximum Gasteiger partial charge on any atom is 0.261 e. The number of aromatic amines is 1. The number of nitrogens with zero attached hydrogens (tertiary/aromatic N) is 1. The summed E-state index contributed by atoms with van der Waals surface area (Å²) in [6, 6.07) is 20.0. The third kappa shape index (κ3) is 6.41. The molecule has 0 bridgehead atoms. The van der Waals surface area contributed by atoms with Gasteiger partial charge in [-0.3, -0.25) is 4.79 Å². The fraction of sp³-hybridized carbons (Fsp3) is 0.111. The van der Waals surface area contributed by atoms with Crippen LogP contribution in [0.25, 0.3) is 17.0 Å². The molecule has 0 spiro atoms. The summed E-state index contributed by atoms with van der Waals surface area (Å²) in [5, 5.41) is 13.5. The number of hydrogen-bond acceptors (Lipinski definition) is 3. The van der Waals surface area contributed by atoms with Gasteiger partial charge in [0.1, 0.15) is 29.8 Å². The lowest BCUT2D eigenvalue weighted by Crippen LogP contribution is -2.26. The molecular formula is C27H20FI2N3O2. The number of rotatable bonds is 8. The van der Waals surface area contributed by atoms with Gasteiger partial charge in [-0.05, 0) is 105 Å².